The van der Waals surface area contributed by atoms with Gasteiger partial charge in [0, 0.05) is 3.57 Å². The number of halogens is 2. The van der Waals surface area contributed by atoms with Crippen LogP contribution < -0.4 is 0 Å². The third-order valence-corrected chi connectivity index (χ3v) is 3.68. The van der Waals surface area contributed by atoms with E-state index in [2.05, 4.69) is 48.6 Å². The molecule has 1 aromatic carbocycles. The summed E-state index contributed by atoms with van der Waals surface area (Å²) in [4.78, 5) is 0. The van der Waals surface area contributed by atoms with Crippen LogP contribution in [0.4, 0.5) is 0 Å². The third kappa shape index (κ3) is 1.94. The average Bonchev–Trinajstić information content (AvgIpc) is 2.09. The van der Waals surface area contributed by atoms with Crippen LogP contribution in [0, 0.1) is 3.57 Å². The van der Waals surface area contributed by atoms with Crippen molar-refractivity contribution in [1.82, 2.24) is 0 Å². The van der Waals surface area contributed by atoms with Crippen LogP contribution in [0.2, 0.25) is 5.02 Å². The summed E-state index contributed by atoms with van der Waals surface area (Å²) in [5, 5.41) is 0.942. The zero-order valence-corrected chi connectivity index (χ0v) is 10.2. The summed E-state index contributed by atoms with van der Waals surface area (Å²) in [6, 6.07) is 4.26. The minimum Gasteiger partial charge on any atom is -0.0829 e. The van der Waals surface area contributed by atoms with Crippen molar-refractivity contribution >= 4 is 34.2 Å². The molecule has 0 aromatic heterocycles. The highest BCUT2D eigenvalue weighted by Gasteiger charge is 2.06. The number of aryl methyl sites for hydroxylation is 1. The lowest BCUT2D eigenvalue weighted by molar-refractivity contribution is 1.03. The molecule has 0 bridgehead atoms. The van der Waals surface area contributed by atoms with Crippen LogP contribution in [0.3, 0.4) is 0 Å². The molecule has 0 unspecified atom stereocenters. The lowest BCUT2D eigenvalue weighted by Gasteiger charge is -2.08. The van der Waals surface area contributed by atoms with Crippen LogP contribution in [0.1, 0.15) is 25.0 Å². The van der Waals surface area contributed by atoms with Crippen molar-refractivity contribution in [3.8, 4) is 0 Å². The fourth-order valence-electron chi connectivity index (χ4n) is 1.35. The molecular weight excluding hydrogens is 282 g/mol. The van der Waals surface area contributed by atoms with Gasteiger partial charge in [0.1, 0.15) is 0 Å². The molecule has 0 amide bonds. The topological polar surface area (TPSA) is 0 Å². The van der Waals surface area contributed by atoms with Crippen LogP contribution in [0.5, 0.6) is 0 Å². The quantitative estimate of drug-likeness (QED) is 0.721. The lowest BCUT2D eigenvalue weighted by atomic mass is 10.0. The zero-order valence-electron chi connectivity index (χ0n) is 7.32. The molecule has 0 saturated heterocycles. The Morgan fingerprint density at radius 2 is 1.92 bits per heavy atom. The van der Waals surface area contributed by atoms with Crippen LogP contribution in [0.25, 0.3) is 0 Å². The maximum Gasteiger partial charge on any atom is 0.0574 e. The monoisotopic (exact) mass is 294 g/mol. The number of hydrogen-bond acceptors (Lipinski definition) is 0. The summed E-state index contributed by atoms with van der Waals surface area (Å²) in [6.45, 7) is 4.31. The molecule has 0 N–H and O–H groups in total. The van der Waals surface area contributed by atoms with Gasteiger partial charge in [-0.2, -0.15) is 0 Å². The predicted molar refractivity (Wildman–Crippen MR) is 62.9 cm³/mol. The summed E-state index contributed by atoms with van der Waals surface area (Å²) in [7, 11) is 0. The van der Waals surface area contributed by atoms with Gasteiger partial charge in [0.25, 0.3) is 0 Å². The van der Waals surface area contributed by atoms with Gasteiger partial charge >= 0.3 is 0 Å². The molecule has 12 heavy (non-hydrogen) atoms. The molecule has 0 radical (unpaired) electrons. The van der Waals surface area contributed by atoms with Crippen molar-refractivity contribution in [2.24, 2.45) is 0 Å². The maximum atomic E-state index is 6.17. The fraction of sp³-hybridized carbons (Fsp3) is 0.400. The Morgan fingerprint density at radius 1 is 1.25 bits per heavy atom. The SMILES string of the molecule is CCc1ccc(I)c(Cl)c1CC. The van der Waals surface area contributed by atoms with Gasteiger partial charge in [0.2, 0.25) is 0 Å². The van der Waals surface area contributed by atoms with E-state index in [9.17, 15) is 0 Å². The highest BCUT2D eigenvalue weighted by Crippen LogP contribution is 2.26. The fourth-order valence-corrected chi connectivity index (χ4v) is 2.17. The van der Waals surface area contributed by atoms with E-state index in [1.807, 2.05) is 0 Å². The van der Waals surface area contributed by atoms with Crippen molar-refractivity contribution < 1.29 is 0 Å². The second kappa shape index (κ2) is 4.47. The summed E-state index contributed by atoms with van der Waals surface area (Å²) in [5.41, 5.74) is 2.69. The summed E-state index contributed by atoms with van der Waals surface area (Å²) in [5.74, 6) is 0. The first-order valence-electron chi connectivity index (χ1n) is 4.16. The van der Waals surface area contributed by atoms with Gasteiger partial charge in [-0.05, 0) is 52.6 Å². The van der Waals surface area contributed by atoms with E-state index in [0.717, 1.165) is 21.4 Å². The Kier molecular flexibility index (Phi) is 3.84. The Labute approximate surface area is 92.5 Å². The minimum atomic E-state index is 0.942. The Hall–Kier alpha value is 0.240. The van der Waals surface area contributed by atoms with Gasteiger partial charge in [0.05, 0.1) is 5.02 Å². The first-order valence-corrected chi connectivity index (χ1v) is 5.62. The Balaban J connectivity index is 3.25. The van der Waals surface area contributed by atoms with Crippen molar-refractivity contribution in [3.05, 3.63) is 31.9 Å². The van der Waals surface area contributed by atoms with Crippen LogP contribution in [-0.2, 0) is 12.8 Å². The Bertz CT molecular complexity index is 281. The van der Waals surface area contributed by atoms with Crippen molar-refractivity contribution in [2.45, 2.75) is 26.7 Å². The second-order valence-corrected chi connectivity index (χ2v) is 4.25. The lowest BCUT2D eigenvalue weighted by Crippen LogP contribution is -1.93. The molecule has 0 nitrogen and oxygen atoms in total. The van der Waals surface area contributed by atoms with E-state index >= 15 is 0 Å². The molecule has 0 aliphatic carbocycles. The molecule has 0 saturated carbocycles. The summed E-state index contributed by atoms with van der Waals surface area (Å²) < 4.78 is 1.16. The van der Waals surface area contributed by atoms with Crippen LogP contribution in [0.15, 0.2) is 12.1 Å². The zero-order chi connectivity index (χ0) is 9.14. The first-order chi connectivity index (χ1) is 5.70. The molecular formula is C10H12ClI. The van der Waals surface area contributed by atoms with Gasteiger partial charge in [-0.15, -0.1) is 0 Å². The minimum absolute atomic E-state index is 0.942. The predicted octanol–water partition coefficient (Wildman–Crippen LogP) is 4.07. The molecule has 0 aliphatic heterocycles. The molecule has 1 aromatic rings. The maximum absolute atomic E-state index is 6.17. The molecule has 0 heterocycles. The molecule has 0 spiro atoms. The molecule has 1 rings (SSSR count). The van der Waals surface area contributed by atoms with Gasteiger partial charge < -0.3 is 0 Å². The highest BCUT2D eigenvalue weighted by atomic mass is 127. The van der Waals surface area contributed by atoms with Crippen molar-refractivity contribution in [3.63, 3.8) is 0 Å². The third-order valence-electron chi connectivity index (χ3n) is 2.03. The highest BCUT2D eigenvalue weighted by molar-refractivity contribution is 14.1. The van der Waals surface area contributed by atoms with E-state index in [1.165, 1.54) is 11.1 Å². The number of hydrogen-bond donors (Lipinski definition) is 0. The average molecular weight is 295 g/mol. The van der Waals surface area contributed by atoms with E-state index in [1.54, 1.807) is 0 Å². The van der Waals surface area contributed by atoms with Crippen molar-refractivity contribution in [1.29, 1.82) is 0 Å². The standard InChI is InChI=1S/C10H12ClI/c1-3-7-5-6-9(12)10(11)8(7)4-2/h5-6H,3-4H2,1-2H3. The molecule has 0 atom stereocenters. The Morgan fingerprint density at radius 3 is 2.42 bits per heavy atom. The number of benzene rings is 1. The van der Waals surface area contributed by atoms with Gasteiger partial charge in [-0.3, -0.25) is 0 Å². The first kappa shape index (κ1) is 10.3. The van der Waals surface area contributed by atoms with Crippen LogP contribution in [-0.4, -0.2) is 0 Å². The smallest absolute Gasteiger partial charge is 0.0574 e. The van der Waals surface area contributed by atoms with Crippen molar-refractivity contribution in [2.75, 3.05) is 0 Å². The summed E-state index contributed by atoms with van der Waals surface area (Å²) in [6.07, 6.45) is 2.10. The molecule has 0 aliphatic rings. The summed E-state index contributed by atoms with van der Waals surface area (Å²) >= 11 is 8.44. The molecule has 66 valence electrons. The van der Waals surface area contributed by atoms with Crippen LogP contribution >= 0.6 is 34.2 Å². The normalized spacial score (nSPS) is 10.3. The second-order valence-electron chi connectivity index (χ2n) is 2.71. The van der Waals surface area contributed by atoms with E-state index in [-0.39, 0.29) is 0 Å². The van der Waals surface area contributed by atoms with E-state index in [4.69, 9.17) is 11.6 Å². The van der Waals surface area contributed by atoms with Gasteiger partial charge in [-0.1, -0.05) is 31.5 Å². The number of rotatable bonds is 2. The van der Waals surface area contributed by atoms with Gasteiger partial charge in [0.15, 0.2) is 0 Å². The van der Waals surface area contributed by atoms with E-state index in [0.29, 0.717) is 0 Å². The van der Waals surface area contributed by atoms with E-state index < -0.39 is 0 Å². The molecule has 2 heteroatoms. The largest absolute Gasteiger partial charge is 0.0829 e. The molecule has 0 fully saturated rings. The van der Waals surface area contributed by atoms with Gasteiger partial charge in [-0.25, -0.2) is 0 Å².